The van der Waals surface area contributed by atoms with Gasteiger partial charge in [-0.1, -0.05) is 6.07 Å². The quantitative estimate of drug-likeness (QED) is 0.857. The SMILES string of the molecule is COc1ccc(C)cc1-n1ncc(C(=O)O)c1N. The summed E-state index contributed by atoms with van der Waals surface area (Å²) in [6.45, 7) is 1.92. The molecule has 0 saturated heterocycles. The number of methoxy groups -OCH3 is 1. The van der Waals surface area contributed by atoms with E-state index < -0.39 is 5.97 Å². The van der Waals surface area contributed by atoms with E-state index in [-0.39, 0.29) is 11.4 Å². The van der Waals surface area contributed by atoms with Crippen molar-refractivity contribution >= 4 is 11.8 Å². The summed E-state index contributed by atoms with van der Waals surface area (Å²) in [5.41, 5.74) is 7.36. The van der Waals surface area contributed by atoms with E-state index in [4.69, 9.17) is 15.6 Å². The van der Waals surface area contributed by atoms with Gasteiger partial charge in [-0.3, -0.25) is 0 Å². The number of benzene rings is 1. The second kappa shape index (κ2) is 4.40. The number of aryl methyl sites for hydroxylation is 1. The van der Waals surface area contributed by atoms with Gasteiger partial charge in [0, 0.05) is 0 Å². The topological polar surface area (TPSA) is 90.4 Å². The molecule has 0 radical (unpaired) electrons. The number of rotatable bonds is 3. The molecule has 0 saturated carbocycles. The summed E-state index contributed by atoms with van der Waals surface area (Å²) in [4.78, 5) is 10.9. The minimum atomic E-state index is -1.11. The van der Waals surface area contributed by atoms with E-state index in [1.54, 1.807) is 6.07 Å². The number of nitrogens with two attached hydrogens (primary N) is 1. The molecule has 0 aliphatic carbocycles. The van der Waals surface area contributed by atoms with Crippen LogP contribution in [0.25, 0.3) is 5.69 Å². The van der Waals surface area contributed by atoms with E-state index >= 15 is 0 Å². The third-order valence-corrected chi connectivity index (χ3v) is 2.60. The number of aromatic nitrogens is 2. The molecule has 0 spiro atoms. The van der Waals surface area contributed by atoms with Crippen molar-refractivity contribution in [2.75, 3.05) is 12.8 Å². The summed E-state index contributed by atoms with van der Waals surface area (Å²) in [6, 6.07) is 5.50. The molecule has 2 rings (SSSR count). The second-order valence-corrected chi connectivity index (χ2v) is 3.84. The predicted molar refractivity (Wildman–Crippen MR) is 66.2 cm³/mol. The van der Waals surface area contributed by atoms with E-state index in [0.29, 0.717) is 11.4 Å². The molecule has 18 heavy (non-hydrogen) atoms. The number of nitrogen functional groups attached to an aromatic ring is 1. The third-order valence-electron chi connectivity index (χ3n) is 2.60. The van der Waals surface area contributed by atoms with Crippen molar-refractivity contribution in [2.45, 2.75) is 6.92 Å². The van der Waals surface area contributed by atoms with E-state index in [9.17, 15) is 4.79 Å². The fourth-order valence-electron chi connectivity index (χ4n) is 1.68. The molecular weight excluding hydrogens is 234 g/mol. The van der Waals surface area contributed by atoms with Gasteiger partial charge in [-0.25, -0.2) is 9.48 Å². The van der Waals surface area contributed by atoms with Gasteiger partial charge in [0.25, 0.3) is 0 Å². The van der Waals surface area contributed by atoms with Crippen LogP contribution in [-0.2, 0) is 0 Å². The first kappa shape index (κ1) is 12.0. The summed E-state index contributed by atoms with van der Waals surface area (Å²) in [6.07, 6.45) is 1.22. The summed E-state index contributed by atoms with van der Waals surface area (Å²) in [7, 11) is 1.53. The van der Waals surface area contributed by atoms with Crippen LogP contribution in [0.15, 0.2) is 24.4 Å². The Morgan fingerprint density at radius 2 is 2.22 bits per heavy atom. The number of aromatic carboxylic acids is 1. The number of carbonyl (C=O) groups is 1. The highest BCUT2D eigenvalue weighted by Crippen LogP contribution is 2.26. The highest BCUT2D eigenvalue weighted by molar-refractivity contribution is 5.92. The summed E-state index contributed by atoms with van der Waals surface area (Å²) >= 11 is 0. The molecule has 0 amide bonds. The first-order valence-corrected chi connectivity index (χ1v) is 5.26. The Kier molecular flexibility index (Phi) is 2.93. The van der Waals surface area contributed by atoms with Crippen LogP contribution in [0.4, 0.5) is 5.82 Å². The highest BCUT2D eigenvalue weighted by atomic mass is 16.5. The van der Waals surface area contributed by atoms with Gasteiger partial charge in [-0.2, -0.15) is 5.10 Å². The number of nitrogens with zero attached hydrogens (tertiary/aromatic N) is 2. The molecule has 0 atom stereocenters. The number of carboxylic acids is 1. The molecule has 1 aromatic heterocycles. The average molecular weight is 247 g/mol. The van der Waals surface area contributed by atoms with E-state index in [2.05, 4.69) is 5.10 Å². The fourth-order valence-corrected chi connectivity index (χ4v) is 1.68. The van der Waals surface area contributed by atoms with Gasteiger partial charge in [0.2, 0.25) is 0 Å². The van der Waals surface area contributed by atoms with Crippen LogP contribution in [0.1, 0.15) is 15.9 Å². The number of anilines is 1. The standard InChI is InChI=1S/C12H13N3O3/c1-7-3-4-10(18-2)9(5-7)15-11(13)8(6-14-15)12(16)17/h3-6H,13H2,1-2H3,(H,16,17). The van der Waals surface area contributed by atoms with Crippen LogP contribution in [-0.4, -0.2) is 28.0 Å². The molecule has 1 aromatic carbocycles. The van der Waals surface area contributed by atoms with Gasteiger partial charge >= 0.3 is 5.97 Å². The minimum absolute atomic E-state index is 0.0291. The Labute approximate surface area is 104 Å². The Hall–Kier alpha value is -2.50. The molecule has 6 heteroatoms. The lowest BCUT2D eigenvalue weighted by molar-refractivity contribution is 0.0698. The van der Waals surface area contributed by atoms with Gasteiger partial charge in [-0.05, 0) is 24.6 Å². The zero-order valence-corrected chi connectivity index (χ0v) is 10.0. The highest BCUT2D eigenvalue weighted by Gasteiger charge is 2.17. The lowest BCUT2D eigenvalue weighted by atomic mass is 10.2. The van der Waals surface area contributed by atoms with Crippen molar-refractivity contribution in [3.8, 4) is 11.4 Å². The zero-order valence-electron chi connectivity index (χ0n) is 10.0. The molecule has 2 aromatic rings. The molecule has 1 heterocycles. The predicted octanol–water partition coefficient (Wildman–Crippen LogP) is 1.47. The van der Waals surface area contributed by atoms with Gasteiger partial charge in [0.1, 0.15) is 22.8 Å². The minimum Gasteiger partial charge on any atom is -0.494 e. The number of carboxylic acid groups (broad SMARTS) is 1. The molecule has 3 N–H and O–H groups in total. The Bertz CT molecular complexity index is 605. The van der Waals surface area contributed by atoms with Crippen molar-refractivity contribution in [3.05, 3.63) is 35.5 Å². The van der Waals surface area contributed by atoms with Gasteiger partial charge in [0.05, 0.1) is 13.3 Å². The van der Waals surface area contributed by atoms with E-state index in [0.717, 1.165) is 5.56 Å². The smallest absolute Gasteiger partial charge is 0.341 e. The van der Waals surface area contributed by atoms with Gasteiger partial charge in [-0.15, -0.1) is 0 Å². The molecule has 0 fully saturated rings. The third kappa shape index (κ3) is 1.88. The Morgan fingerprint density at radius 1 is 1.50 bits per heavy atom. The van der Waals surface area contributed by atoms with Crippen LogP contribution in [0.2, 0.25) is 0 Å². The van der Waals surface area contributed by atoms with Crippen LogP contribution in [0.3, 0.4) is 0 Å². The first-order valence-electron chi connectivity index (χ1n) is 5.26. The van der Waals surface area contributed by atoms with Crippen LogP contribution < -0.4 is 10.5 Å². The van der Waals surface area contributed by atoms with Crippen molar-refractivity contribution in [2.24, 2.45) is 0 Å². The zero-order chi connectivity index (χ0) is 13.3. The number of hydrogen-bond donors (Lipinski definition) is 2. The van der Waals surface area contributed by atoms with Crippen LogP contribution in [0.5, 0.6) is 5.75 Å². The van der Waals surface area contributed by atoms with Crippen LogP contribution >= 0.6 is 0 Å². The normalized spacial score (nSPS) is 10.3. The molecule has 0 aliphatic rings. The number of hydrogen-bond acceptors (Lipinski definition) is 4. The maximum absolute atomic E-state index is 10.9. The van der Waals surface area contributed by atoms with E-state index in [1.807, 2.05) is 19.1 Å². The molecule has 0 bridgehead atoms. The maximum atomic E-state index is 10.9. The van der Waals surface area contributed by atoms with Crippen molar-refractivity contribution in [1.82, 2.24) is 9.78 Å². The van der Waals surface area contributed by atoms with Crippen molar-refractivity contribution in [1.29, 1.82) is 0 Å². The largest absolute Gasteiger partial charge is 0.494 e. The molecule has 0 unspecified atom stereocenters. The Morgan fingerprint density at radius 3 is 2.78 bits per heavy atom. The molecular formula is C12H13N3O3. The summed E-state index contributed by atoms with van der Waals surface area (Å²) in [5, 5.41) is 12.9. The number of ether oxygens (including phenoxy) is 1. The summed E-state index contributed by atoms with van der Waals surface area (Å²) in [5.74, 6) is -0.455. The van der Waals surface area contributed by atoms with Gasteiger partial charge < -0.3 is 15.6 Å². The molecule has 94 valence electrons. The maximum Gasteiger partial charge on any atom is 0.341 e. The fraction of sp³-hybridized carbons (Fsp3) is 0.167. The lowest BCUT2D eigenvalue weighted by Crippen LogP contribution is -2.07. The molecule has 6 nitrogen and oxygen atoms in total. The first-order chi connectivity index (χ1) is 8.54. The van der Waals surface area contributed by atoms with E-state index in [1.165, 1.54) is 18.0 Å². The Balaban J connectivity index is 2.61. The monoisotopic (exact) mass is 247 g/mol. The van der Waals surface area contributed by atoms with Crippen molar-refractivity contribution in [3.63, 3.8) is 0 Å². The van der Waals surface area contributed by atoms with Gasteiger partial charge in [0.15, 0.2) is 0 Å². The lowest BCUT2D eigenvalue weighted by Gasteiger charge is -2.10. The second-order valence-electron chi connectivity index (χ2n) is 3.84. The molecule has 0 aliphatic heterocycles. The van der Waals surface area contributed by atoms with Crippen molar-refractivity contribution < 1.29 is 14.6 Å². The van der Waals surface area contributed by atoms with Crippen LogP contribution in [0, 0.1) is 6.92 Å². The summed E-state index contributed by atoms with van der Waals surface area (Å²) < 4.78 is 6.57. The average Bonchev–Trinajstić information content (AvgIpc) is 2.71.